The third-order valence-electron chi connectivity index (χ3n) is 1.01. The fourth-order valence-corrected chi connectivity index (χ4v) is 0.552. The minimum atomic E-state index is -0.497. The largest absolute Gasteiger partial charge is 0.404 e. The summed E-state index contributed by atoms with van der Waals surface area (Å²) in [6, 6.07) is 5.07. The van der Waals surface area contributed by atoms with Crippen molar-refractivity contribution in [2.24, 2.45) is 0 Å². The van der Waals surface area contributed by atoms with Gasteiger partial charge in [-0.05, 0) is 6.07 Å². The minimum Gasteiger partial charge on any atom is -0.404 e. The van der Waals surface area contributed by atoms with E-state index in [4.69, 9.17) is 4.74 Å². The van der Waals surface area contributed by atoms with Gasteiger partial charge in [0.15, 0.2) is 0 Å². The molecule has 1 aromatic rings. The first-order valence-electron chi connectivity index (χ1n) is 3.08. The summed E-state index contributed by atoms with van der Waals surface area (Å²) < 4.78 is 4.70. The topological polar surface area (TPSA) is 39.2 Å². The number of nitrogens with zero attached hydrogens (tertiary/aromatic N) is 1. The molecule has 3 heteroatoms. The molecule has 0 fully saturated rings. The Morgan fingerprint density at radius 3 is 3.00 bits per heavy atom. The predicted molar refractivity (Wildman–Crippen MR) is 40.1 cm³/mol. The second kappa shape index (κ2) is 3.51. The lowest BCUT2D eigenvalue weighted by Gasteiger charge is -1.96. The highest BCUT2D eigenvalue weighted by Crippen LogP contribution is 2.02. The van der Waals surface area contributed by atoms with Crippen molar-refractivity contribution < 1.29 is 9.53 Å². The molecule has 0 aliphatic rings. The van der Waals surface area contributed by atoms with Crippen LogP contribution in [0.3, 0.4) is 0 Å². The summed E-state index contributed by atoms with van der Waals surface area (Å²) in [5.74, 6) is -0.207. The molecule has 0 aliphatic carbocycles. The highest BCUT2D eigenvalue weighted by molar-refractivity contribution is 5.82. The zero-order chi connectivity index (χ0) is 8.10. The molecule has 3 nitrogen and oxygen atoms in total. The molecule has 0 amide bonds. The summed E-state index contributed by atoms with van der Waals surface area (Å²) in [4.78, 5) is 14.4. The third-order valence-corrected chi connectivity index (χ3v) is 1.01. The smallest absolute Gasteiger partial charge is 0.336 e. The molecular weight excluding hydrogens is 142 g/mol. The number of carbonyl (C=O) groups excluding carboxylic acids is 1. The standard InChI is InChI=1S/C8H7NO2/c1-2-8(10)11-7-5-3-4-6-9-7/h2-6H,1H2. The van der Waals surface area contributed by atoms with Gasteiger partial charge in [0.25, 0.3) is 0 Å². The van der Waals surface area contributed by atoms with E-state index in [0.717, 1.165) is 6.08 Å². The molecule has 0 aliphatic heterocycles. The van der Waals surface area contributed by atoms with Gasteiger partial charge in [-0.25, -0.2) is 9.78 Å². The number of hydrogen-bond donors (Lipinski definition) is 0. The van der Waals surface area contributed by atoms with Crippen LogP contribution in [0.2, 0.25) is 0 Å². The van der Waals surface area contributed by atoms with Crippen molar-refractivity contribution in [1.82, 2.24) is 4.98 Å². The Morgan fingerprint density at radius 1 is 1.64 bits per heavy atom. The van der Waals surface area contributed by atoms with Crippen molar-refractivity contribution in [3.63, 3.8) is 0 Å². The molecule has 56 valence electrons. The monoisotopic (exact) mass is 149 g/mol. The van der Waals surface area contributed by atoms with Gasteiger partial charge in [-0.2, -0.15) is 0 Å². The van der Waals surface area contributed by atoms with Gasteiger partial charge in [-0.15, -0.1) is 0 Å². The van der Waals surface area contributed by atoms with E-state index in [0.29, 0.717) is 0 Å². The maximum atomic E-state index is 10.6. The average molecular weight is 149 g/mol. The van der Waals surface area contributed by atoms with Crippen molar-refractivity contribution in [1.29, 1.82) is 0 Å². The first kappa shape index (κ1) is 7.47. The predicted octanol–water partition coefficient (Wildman–Crippen LogP) is 1.17. The molecule has 1 heterocycles. The Balaban J connectivity index is 2.65. The van der Waals surface area contributed by atoms with Crippen LogP contribution in [0.4, 0.5) is 0 Å². The summed E-state index contributed by atoms with van der Waals surface area (Å²) in [6.07, 6.45) is 2.64. The molecule has 0 aromatic carbocycles. The Morgan fingerprint density at radius 2 is 2.45 bits per heavy atom. The number of pyridine rings is 1. The van der Waals surface area contributed by atoms with Crippen LogP contribution in [0, 0.1) is 0 Å². The Hall–Kier alpha value is -1.64. The molecule has 1 aromatic heterocycles. The first-order valence-corrected chi connectivity index (χ1v) is 3.08. The fourth-order valence-electron chi connectivity index (χ4n) is 0.552. The zero-order valence-corrected chi connectivity index (χ0v) is 5.86. The van der Waals surface area contributed by atoms with E-state index >= 15 is 0 Å². The van der Waals surface area contributed by atoms with Gasteiger partial charge in [0.1, 0.15) is 0 Å². The van der Waals surface area contributed by atoms with Crippen LogP contribution in [0.25, 0.3) is 0 Å². The number of aromatic nitrogens is 1. The molecule has 0 unspecified atom stereocenters. The van der Waals surface area contributed by atoms with E-state index in [2.05, 4.69) is 11.6 Å². The molecule has 0 saturated heterocycles. The lowest BCUT2D eigenvalue weighted by Crippen LogP contribution is -2.03. The van der Waals surface area contributed by atoms with Gasteiger partial charge >= 0.3 is 5.97 Å². The minimum absolute atomic E-state index is 0.289. The van der Waals surface area contributed by atoms with Gasteiger partial charge in [0, 0.05) is 18.3 Å². The van der Waals surface area contributed by atoms with Gasteiger partial charge < -0.3 is 4.74 Å². The number of esters is 1. The Bertz CT molecular complexity index is 256. The highest BCUT2D eigenvalue weighted by Gasteiger charge is 1.97. The lowest BCUT2D eigenvalue weighted by atomic mass is 10.5. The van der Waals surface area contributed by atoms with E-state index in [9.17, 15) is 4.79 Å². The van der Waals surface area contributed by atoms with Crippen molar-refractivity contribution >= 4 is 5.97 Å². The molecular formula is C8H7NO2. The number of carbonyl (C=O) groups is 1. The average Bonchev–Trinajstić information content (AvgIpc) is 2.06. The highest BCUT2D eigenvalue weighted by atomic mass is 16.5. The van der Waals surface area contributed by atoms with Crippen LogP contribution < -0.4 is 4.74 Å². The molecule has 0 spiro atoms. The third kappa shape index (κ3) is 2.21. The number of ether oxygens (including phenoxy) is 1. The van der Waals surface area contributed by atoms with E-state index in [1.807, 2.05) is 0 Å². The van der Waals surface area contributed by atoms with Gasteiger partial charge in [-0.1, -0.05) is 12.6 Å². The summed E-state index contributed by atoms with van der Waals surface area (Å²) >= 11 is 0. The summed E-state index contributed by atoms with van der Waals surface area (Å²) in [5.41, 5.74) is 0. The number of rotatable bonds is 2. The maximum absolute atomic E-state index is 10.6. The molecule has 1 rings (SSSR count). The summed E-state index contributed by atoms with van der Waals surface area (Å²) in [7, 11) is 0. The summed E-state index contributed by atoms with van der Waals surface area (Å²) in [6.45, 7) is 3.25. The zero-order valence-electron chi connectivity index (χ0n) is 5.86. The Kier molecular flexibility index (Phi) is 2.38. The fraction of sp³-hybridized carbons (Fsp3) is 0. The SMILES string of the molecule is C=CC(=O)Oc1ccccn1. The van der Waals surface area contributed by atoms with Crippen LogP contribution in [0.1, 0.15) is 0 Å². The van der Waals surface area contributed by atoms with Crippen molar-refractivity contribution in [3.05, 3.63) is 37.1 Å². The van der Waals surface area contributed by atoms with Gasteiger partial charge in [0.05, 0.1) is 0 Å². The first-order chi connectivity index (χ1) is 5.33. The molecule has 0 N–H and O–H groups in total. The Labute approximate surface area is 64.3 Å². The molecule has 0 atom stereocenters. The molecule has 0 bridgehead atoms. The lowest BCUT2D eigenvalue weighted by molar-refractivity contribution is -0.129. The van der Waals surface area contributed by atoms with Crippen LogP contribution in [0.5, 0.6) is 5.88 Å². The van der Waals surface area contributed by atoms with Crippen LogP contribution in [-0.4, -0.2) is 11.0 Å². The molecule has 0 saturated carbocycles. The van der Waals surface area contributed by atoms with Crippen LogP contribution >= 0.6 is 0 Å². The second-order valence-corrected chi connectivity index (χ2v) is 1.79. The van der Waals surface area contributed by atoms with Gasteiger partial charge in [-0.3, -0.25) is 0 Å². The van der Waals surface area contributed by atoms with Crippen LogP contribution in [-0.2, 0) is 4.79 Å². The molecule has 0 radical (unpaired) electrons. The van der Waals surface area contributed by atoms with Crippen LogP contribution in [0.15, 0.2) is 37.1 Å². The second-order valence-electron chi connectivity index (χ2n) is 1.79. The molecule has 11 heavy (non-hydrogen) atoms. The normalized spacial score (nSPS) is 8.73. The summed E-state index contributed by atoms with van der Waals surface area (Å²) in [5, 5.41) is 0. The maximum Gasteiger partial charge on any atom is 0.336 e. The quantitative estimate of drug-likeness (QED) is 0.468. The van der Waals surface area contributed by atoms with Crippen molar-refractivity contribution in [3.8, 4) is 5.88 Å². The van der Waals surface area contributed by atoms with E-state index in [1.165, 1.54) is 0 Å². The van der Waals surface area contributed by atoms with E-state index in [1.54, 1.807) is 24.4 Å². The van der Waals surface area contributed by atoms with Crippen molar-refractivity contribution in [2.45, 2.75) is 0 Å². The van der Waals surface area contributed by atoms with Gasteiger partial charge in [0.2, 0.25) is 5.88 Å². The number of hydrogen-bond acceptors (Lipinski definition) is 3. The van der Waals surface area contributed by atoms with E-state index in [-0.39, 0.29) is 5.88 Å². The van der Waals surface area contributed by atoms with Crippen molar-refractivity contribution in [2.75, 3.05) is 0 Å². The van der Waals surface area contributed by atoms with E-state index < -0.39 is 5.97 Å².